The molecule has 4 amide bonds. The number of aliphatic hydroxyl groups is 1. The molecule has 21 heteroatoms. The topological polar surface area (TPSA) is 244 Å². The molecule has 3 aliphatic rings. The second kappa shape index (κ2) is 20.3. The molecule has 1 aromatic carbocycles. The van der Waals surface area contributed by atoms with E-state index in [1.807, 2.05) is 18.2 Å². The van der Waals surface area contributed by atoms with Gasteiger partial charge in [0.1, 0.15) is 5.60 Å². The maximum Gasteiger partial charge on any atom is 0.328 e. The van der Waals surface area contributed by atoms with Gasteiger partial charge in [-0.05, 0) is 89.3 Å². The van der Waals surface area contributed by atoms with Crippen molar-refractivity contribution in [2.24, 2.45) is 0 Å². The molecule has 5 heterocycles. The summed E-state index contributed by atoms with van der Waals surface area (Å²) in [6, 6.07) is 11.1. The molecule has 0 aliphatic carbocycles. The number of piperazine rings is 1. The Labute approximate surface area is 385 Å². The molecular formula is C45H56N8O11S2. The van der Waals surface area contributed by atoms with Gasteiger partial charge in [0.05, 0.1) is 13.1 Å². The number of benzene rings is 1. The van der Waals surface area contributed by atoms with Gasteiger partial charge in [0, 0.05) is 98.8 Å². The Kier molecular flexibility index (Phi) is 15.7. The van der Waals surface area contributed by atoms with Crippen LogP contribution in [-0.4, -0.2) is 159 Å². The number of nitrogens with one attached hydrogen (secondary N) is 2. The normalized spacial score (nSPS) is 17.0. The minimum atomic E-state index is -3.83. The maximum absolute atomic E-state index is 12.8. The summed E-state index contributed by atoms with van der Waals surface area (Å²) in [4.78, 5) is 57.0. The molecule has 0 unspecified atom stereocenters. The van der Waals surface area contributed by atoms with Crippen molar-refractivity contribution in [1.82, 2.24) is 39.7 Å². The van der Waals surface area contributed by atoms with E-state index in [1.54, 1.807) is 32.3 Å². The number of rotatable bonds is 12. The summed E-state index contributed by atoms with van der Waals surface area (Å²) in [6.45, 7) is 11.3. The van der Waals surface area contributed by atoms with E-state index in [-0.39, 0.29) is 51.1 Å². The monoisotopic (exact) mass is 948 g/mol. The van der Waals surface area contributed by atoms with Gasteiger partial charge in [-0.2, -0.15) is 0 Å². The summed E-state index contributed by atoms with van der Waals surface area (Å²) < 4.78 is 47.5. The lowest BCUT2D eigenvalue weighted by Gasteiger charge is -2.32. The van der Waals surface area contributed by atoms with Crippen LogP contribution in [0.2, 0.25) is 0 Å². The summed E-state index contributed by atoms with van der Waals surface area (Å²) in [5.74, 6) is 14.7. The van der Waals surface area contributed by atoms with Gasteiger partial charge in [-0.3, -0.25) is 34.0 Å². The van der Waals surface area contributed by atoms with Gasteiger partial charge >= 0.3 is 12.1 Å². The predicted octanol–water partition coefficient (Wildman–Crippen LogP) is 1.21. The molecule has 0 radical (unpaired) electrons. The number of aromatic nitrogens is 2. The van der Waals surface area contributed by atoms with Crippen LogP contribution in [0.15, 0.2) is 48.8 Å². The Morgan fingerprint density at radius 3 is 1.53 bits per heavy atom. The number of sulfone groups is 2. The number of hydrogen-bond donors (Lipinski definition) is 5. The first-order chi connectivity index (χ1) is 30.8. The molecule has 19 nitrogen and oxygen atoms in total. The highest BCUT2D eigenvalue weighted by Gasteiger charge is 2.45. The van der Waals surface area contributed by atoms with E-state index in [9.17, 15) is 41.1 Å². The maximum atomic E-state index is 12.8. The van der Waals surface area contributed by atoms with Crippen LogP contribution >= 0.6 is 0 Å². The van der Waals surface area contributed by atoms with Crippen LogP contribution in [0.5, 0.6) is 0 Å². The number of fused-ring (bicyclic) bond motifs is 2. The first kappa shape index (κ1) is 51.0. The van der Waals surface area contributed by atoms with Gasteiger partial charge in [-0.25, -0.2) is 37.4 Å². The van der Waals surface area contributed by atoms with Crippen LogP contribution in [0.25, 0.3) is 0 Å². The van der Waals surface area contributed by atoms with E-state index in [0.29, 0.717) is 16.8 Å². The fourth-order valence-electron chi connectivity index (χ4n) is 7.19. The zero-order valence-electron chi connectivity index (χ0n) is 38.0. The number of carbonyl (C=O) groups excluding carboxylic acids is 4. The third kappa shape index (κ3) is 12.1. The summed E-state index contributed by atoms with van der Waals surface area (Å²) in [7, 11) is -5.52. The molecule has 2 aromatic heterocycles. The van der Waals surface area contributed by atoms with E-state index in [2.05, 4.69) is 64.5 Å². The average molecular weight is 949 g/mol. The first-order valence-corrected chi connectivity index (χ1v) is 24.6. The molecule has 0 saturated carbocycles. The van der Waals surface area contributed by atoms with Crippen molar-refractivity contribution in [2.45, 2.75) is 75.3 Å². The third-order valence-electron chi connectivity index (χ3n) is 11.9. The van der Waals surface area contributed by atoms with Gasteiger partial charge < -0.3 is 19.8 Å². The highest BCUT2D eigenvalue weighted by Crippen LogP contribution is 2.27. The number of likely N-dealkylation sites (N-methyl/N-ethyl adjacent to an activating group) is 1. The van der Waals surface area contributed by atoms with Crippen LogP contribution in [0, 0.1) is 35.5 Å². The van der Waals surface area contributed by atoms with Crippen LogP contribution < -0.4 is 11.0 Å². The van der Waals surface area contributed by atoms with Gasteiger partial charge in [-0.1, -0.05) is 35.8 Å². The number of hydrogen-bond acceptors (Lipinski definition) is 13. The molecule has 5 N–H and O–H groups in total. The summed E-state index contributed by atoms with van der Waals surface area (Å²) in [5, 5.41) is 27.3. The average Bonchev–Trinajstić information content (AvgIpc) is 4.00. The second-order valence-corrected chi connectivity index (χ2v) is 22.5. The van der Waals surface area contributed by atoms with Crippen molar-refractivity contribution in [3.05, 3.63) is 82.4 Å². The lowest BCUT2D eigenvalue weighted by Crippen LogP contribution is -2.50. The zero-order chi connectivity index (χ0) is 48.8. The molecule has 3 aromatic rings. The lowest BCUT2D eigenvalue weighted by atomic mass is 10.1. The van der Waals surface area contributed by atoms with Gasteiger partial charge in [0.25, 0.3) is 11.8 Å². The van der Waals surface area contributed by atoms with Crippen LogP contribution in [0.1, 0.15) is 74.2 Å². The van der Waals surface area contributed by atoms with Crippen LogP contribution in [0.3, 0.4) is 0 Å². The molecule has 1 fully saturated rings. The zero-order valence-corrected chi connectivity index (χ0v) is 39.6. The number of carbonyl (C=O) groups is 4. The number of amides is 4. The highest BCUT2D eigenvalue weighted by atomic mass is 32.2. The largest absolute Gasteiger partial charge is 0.378 e. The van der Waals surface area contributed by atoms with E-state index in [1.165, 1.54) is 49.3 Å². The summed E-state index contributed by atoms with van der Waals surface area (Å²) in [5.41, 5.74) is 6.52. The van der Waals surface area contributed by atoms with Gasteiger partial charge in [-0.15, -0.1) is 0 Å². The minimum absolute atomic E-state index is 0.00950. The Morgan fingerprint density at radius 1 is 0.682 bits per heavy atom. The molecule has 66 heavy (non-hydrogen) atoms. The van der Waals surface area contributed by atoms with E-state index < -0.39 is 46.6 Å². The molecule has 2 atom stereocenters. The summed E-state index contributed by atoms with van der Waals surface area (Å²) >= 11 is 0. The van der Waals surface area contributed by atoms with Crippen molar-refractivity contribution in [3.63, 3.8) is 0 Å². The molecule has 6 rings (SSSR count). The predicted molar refractivity (Wildman–Crippen MR) is 243 cm³/mol. The van der Waals surface area contributed by atoms with Crippen molar-refractivity contribution in [1.29, 1.82) is 0 Å². The van der Waals surface area contributed by atoms with E-state index >= 15 is 0 Å². The Morgan fingerprint density at radius 2 is 1.12 bits per heavy atom. The number of hydroxylamine groups is 2. The fraction of sp³-hybridized carbons (Fsp3) is 0.467. The molecule has 354 valence electrons. The molecule has 0 bridgehead atoms. The lowest BCUT2D eigenvalue weighted by molar-refractivity contribution is -0.132. The van der Waals surface area contributed by atoms with Crippen molar-refractivity contribution in [2.75, 3.05) is 58.8 Å². The van der Waals surface area contributed by atoms with Crippen molar-refractivity contribution < 1.29 is 51.5 Å². The van der Waals surface area contributed by atoms with Gasteiger partial charge in [0.2, 0.25) is 0 Å². The quantitative estimate of drug-likeness (QED) is 0.0976. The standard InChI is InChI=1S/C26H33N5O5S.C19H23N3O6S/c1-26(24(32)27-34,37(3,35)36)10-11-30-19-23-16-22(18-31(23)25(30)33)9-6-20-4-7-21(8-5-20)17-29-14-12-28(2)13-15-29;1-18(2,25)8-6-5-7-14-11-15-13-21(17(24)22(15)12-14)10-9-19(3,16(23)20-26)29(4,27)28/h4-5,7-8,16,18,34H,10-15,17,19H2,1-3H3,(H,27,32);11-12,25-26H,9-10,13H2,1-4H3,(H,20,23)/t26-;19-/m11/s1. The third-order valence-corrected chi connectivity index (χ3v) is 16.0. The van der Waals surface area contributed by atoms with E-state index in [4.69, 9.17) is 10.4 Å². The van der Waals surface area contributed by atoms with Crippen LogP contribution in [0.4, 0.5) is 9.59 Å². The minimum Gasteiger partial charge on any atom is -0.378 e. The van der Waals surface area contributed by atoms with E-state index in [0.717, 1.165) is 56.5 Å². The van der Waals surface area contributed by atoms with Gasteiger partial charge in [0.15, 0.2) is 29.2 Å². The Bertz CT molecular complexity index is 2770. The molecule has 1 saturated heterocycles. The molecule has 0 spiro atoms. The van der Waals surface area contributed by atoms with Crippen LogP contribution in [-0.2, 0) is 48.9 Å². The first-order valence-electron chi connectivity index (χ1n) is 20.9. The van der Waals surface area contributed by atoms with Crippen molar-refractivity contribution in [3.8, 4) is 35.5 Å². The molecular weight excluding hydrogens is 893 g/mol. The fourth-order valence-corrected chi connectivity index (χ4v) is 8.88. The second-order valence-electron chi connectivity index (χ2n) is 17.6. The summed E-state index contributed by atoms with van der Waals surface area (Å²) in [6.07, 6.45) is 4.74. The highest BCUT2D eigenvalue weighted by molar-refractivity contribution is 7.93. The number of nitrogens with zero attached hydrogens (tertiary/aromatic N) is 6. The Hall–Kier alpha value is -5.96. The molecule has 3 aliphatic heterocycles. The SMILES string of the molecule is CC(C)(O)C#CC#Cc1cc2n(c1)C(=O)N(CC[C@](C)(C(=O)NO)S(C)(=O)=O)C2.CN1CCN(Cc2ccc(C#Cc3cc4n(c3)C(=O)N(CC[C@](C)(C(=O)NO)S(C)(=O)=O)C4)cc2)CC1. The van der Waals surface area contributed by atoms with Crippen molar-refractivity contribution >= 4 is 43.6 Å². The Balaban J connectivity index is 0.000000256. The smallest absolute Gasteiger partial charge is 0.328 e.